The first-order valence-electron chi connectivity index (χ1n) is 5.30. The van der Waals surface area contributed by atoms with Crippen LogP contribution in [0.5, 0.6) is 0 Å². The smallest absolute Gasteiger partial charge is 0.273 e. The van der Waals surface area contributed by atoms with E-state index in [4.69, 9.17) is 4.52 Å². The van der Waals surface area contributed by atoms with Gasteiger partial charge in [-0.25, -0.2) is 4.98 Å². The van der Waals surface area contributed by atoms with Crippen molar-refractivity contribution < 1.29 is 9.32 Å². The Balaban J connectivity index is 2.13. The molecule has 0 saturated heterocycles. The molecule has 2 aromatic rings. The summed E-state index contributed by atoms with van der Waals surface area (Å²) < 4.78 is 5.68. The van der Waals surface area contributed by atoms with Gasteiger partial charge in [0.1, 0.15) is 22.0 Å². The van der Waals surface area contributed by atoms with Crippen LogP contribution in [-0.4, -0.2) is 34.3 Å². The summed E-state index contributed by atoms with van der Waals surface area (Å²) in [6, 6.07) is 1.61. The van der Waals surface area contributed by atoms with Gasteiger partial charge in [-0.3, -0.25) is 4.79 Å². The van der Waals surface area contributed by atoms with Crippen molar-refractivity contribution in [2.75, 3.05) is 13.3 Å². The summed E-state index contributed by atoms with van der Waals surface area (Å²) in [5.74, 6) is -0.109. The summed E-state index contributed by atoms with van der Waals surface area (Å²) in [5.41, 5.74) is 1.20. The molecule has 0 bridgehead atoms. The summed E-state index contributed by atoms with van der Waals surface area (Å²) in [4.78, 5) is 18.1. The number of aromatic nitrogens is 2. The van der Waals surface area contributed by atoms with E-state index in [2.05, 4.69) is 10.1 Å². The molecule has 1 amide bonds. The van der Waals surface area contributed by atoms with Gasteiger partial charge in [-0.1, -0.05) is 16.9 Å². The van der Waals surface area contributed by atoms with Crippen LogP contribution in [0.25, 0.3) is 0 Å². The van der Waals surface area contributed by atoms with Gasteiger partial charge in [0.15, 0.2) is 0 Å². The van der Waals surface area contributed by atoms with Gasteiger partial charge in [-0.15, -0.1) is 11.3 Å². The summed E-state index contributed by atoms with van der Waals surface area (Å²) in [6.45, 7) is 1.90. The van der Waals surface area contributed by atoms with E-state index in [9.17, 15) is 4.79 Å². The maximum absolute atomic E-state index is 12.2. The minimum Gasteiger partial charge on any atom is -0.364 e. The highest BCUT2D eigenvalue weighted by Crippen LogP contribution is 2.23. The number of thioether (sulfide) groups is 1. The molecule has 0 aliphatic heterocycles. The van der Waals surface area contributed by atoms with Gasteiger partial charge < -0.3 is 9.42 Å². The first-order valence-corrected chi connectivity index (χ1v) is 7.41. The largest absolute Gasteiger partial charge is 0.364 e. The van der Waals surface area contributed by atoms with E-state index in [0.29, 0.717) is 5.69 Å². The van der Waals surface area contributed by atoms with Crippen LogP contribution < -0.4 is 0 Å². The van der Waals surface area contributed by atoms with Gasteiger partial charge in [-0.2, -0.15) is 0 Å². The van der Waals surface area contributed by atoms with Gasteiger partial charge in [0.25, 0.3) is 5.91 Å². The van der Waals surface area contributed by atoms with Gasteiger partial charge in [0.05, 0.1) is 6.04 Å². The molecule has 0 aliphatic carbocycles. The molecule has 1 unspecified atom stereocenters. The number of nitrogens with zero attached hydrogens (tertiary/aromatic N) is 3. The highest BCUT2D eigenvalue weighted by molar-refractivity contribution is 8.00. The van der Waals surface area contributed by atoms with Crippen LogP contribution in [0.1, 0.15) is 29.1 Å². The molecule has 0 spiro atoms. The fraction of sp³-hybridized carbons (Fsp3) is 0.364. The number of amides is 1. The third-order valence-corrected chi connectivity index (χ3v) is 4.53. The second-order valence-corrected chi connectivity index (χ2v) is 5.63. The van der Waals surface area contributed by atoms with Crippen LogP contribution in [0.2, 0.25) is 0 Å². The zero-order valence-corrected chi connectivity index (χ0v) is 11.9. The number of rotatable bonds is 4. The molecule has 0 aromatic carbocycles. The van der Waals surface area contributed by atoms with E-state index < -0.39 is 0 Å². The van der Waals surface area contributed by atoms with Crippen molar-refractivity contribution in [3.05, 3.63) is 29.1 Å². The number of carbonyl (C=O) groups is 1. The highest BCUT2D eigenvalue weighted by atomic mass is 32.2. The molecular weight excluding hydrogens is 270 g/mol. The minimum atomic E-state index is -0.143. The quantitative estimate of drug-likeness (QED) is 0.807. The normalized spacial score (nSPS) is 12.4. The average molecular weight is 283 g/mol. The van der Waals surface area contributed by atoms with E-state index in [0.717, 1.165) is 10.0 Å². The van der Waals surface area contributed by atoms with Crippen molar-refractivity contribution in [1.29, 1.82) is 0 Å². The summed E-state index contributed by atoms with van der Waals surface area (Å²) in [7, 11) is 1.74. The first-order chi connectivity index (χ1) is 8.63. The van der Waals surface area contributed by atoms with E-state index >= 15 is 0 Å². The van der Waals surface area contributed by atoms with E-state index in [1.54, 1.807) is 23.4 Å². The Hall–Kier alpha value is -1.34. The Morgan fingerprint density at radius 3 is 2.94 bits per heavy atom. The Morgan fingerprint density at radius 1 is 1.61 bits per heavy atom. The molecular formula is C11H13N3O2S2. The molecule has 1 atom stereocenters. The number of thiazole rings is 1. The Morgan fingerprint density at radius 2 is 2.39 bits per heavy atom. The van der Waals surface area contributed by atoms with Gasteiger partial charge in [0, 0.05) is 18.5 Å². The summed E-state index contributed by atoms with van der Waals surface area (Å²) >= 11 is 3.01. The van der Waals surface area contributed by atoms with Crippen LogP contribution in [-0.2, 0) is 0 Å². The molecule has 2 heterocycles. The SMILES string of the molecule is CSc1nc(C(=O)N(C)C(C)c2ccon2)cs1. The van der Waals surface area contributed by atoms with Crippen LogP contribution in [0.4, 0.5) is 0 Å². The second kappa shape index (κ2) is 5.53. The van der Waals surface area contributed by atoms with Crippen LogP contribution in [0.3, 0.4) is 0 Å². The lowest BCUT2D eigenvalue weighted by atomic mass is 10.2. The zero-order chi connectivity index (χ0) is 13.1. The first kappa shape index (κ1) is 13.1. The lowest BCUT2D eigenvalue weighted by Crippen LogP contribution is -2.30. The van der Waals surface area contributed by atoms with Gasteiger partial charge in [0.2, 0.25) is 0 Å². The van der Waals surface area contributed by atoms with Crippen LogP contribution >= 0.6 is 23.1 Å². The van der Waals surface area contributed by atoms with E-state index in [-0.39, 0.29) is 11.9 Å². The maximum Gasteiger partial charge on any atom is 0.273 e. The molecule has 7 heteroatoms. The molecule has 0 saturated carbocycles. The number of hydrogen-bond donors (Lipinski definition) is 0. The summed E-state index contributed by atoms with van der Waals surface area (Å²) in [5, 5.41) is 5.62. The third kappa shape index (κ3) is 2.56. The average Bonchev–Trinajstić information content (AvgIpc) is 3.06. The second-order valence-electron chi connectivity index (χ2n) is 3.72. The van der Waals surface area contributed by atoms with E-state index in [1.165, 1.54) is 29.4 Å². The van der Waals surface area contributed by atoms with Crippen molar-refractivity contribution in [3.63, 3.8) is 0 Å². The molecule has 96 valence electrons. The Labute approximate surface area is 113 Å². The third-order valence-electron chi connectivity index (χ3n) is 2.66. The fourth-order valence-electron chi connectivity index (χ4n) is 1.44. The topological polar surface area (TPSA) is 59.2 Å². The monoisotopic (exact) mass is 283 g/mol. The number of carbonyl (C=O) groups excluding carboxylic acids is 1. The maximum atomic E-state index is 12.2. The molecule has 0 aliphatic rings. The Kier molecular flexibility index (Phi) is 4.03. The predicted octanol–water partition coefficient (Wildman–Crippen LogP) is 2.69. The molecule has 2 rings (SSSR count). The molecule has 2 aromatic heterocycles. The van der Waals surface area contributed by atoms with Gasteiger partial charge in [-0.05, 0) is 13.2 Å². The fourth-order valence-corrected chi connectivity index (χ4v) is 2.68. The van der Waals surface area contributed by atoms with Crippen molar-refractivity contribution in [1.82, 2.24) is 15.0 Å². The zero-order valence-electron chi connectivity index (χ0n) is 10.3. The van der Waals surface area contributed by atoms with Crippen molar-refractivity contribution in [2.24, 2.45) is 0 Å². The van der Waals surface area contributed by atoms with Crippen LogP contribution in [0.15, 0.2) is 26.6 Å². The molecule has 5 nitrogen and oxygen atoms in total. The summed E-state index contributed by atoms with van der Waals surface area (Å²) in [6.07, 6.45) is 3.44. The van der Waals surface area contributed by atoms with Crippen LogP contribution in [0, 0.1) is 0 Å². The number of hydrogen-bond acceptors (Lipinski definition) is 6. The molecule has 0 fully saturated rings. The van der Waals surface area contributed by atoms with Crippen molar-refractivity contribution >= 4 is 29.0 Å². The lowest BCUT2D eigenvalue weighted by molar-refractivity contribution is 0.0732. The van der Waals surface area contributed by atoms with Crippen molar-refractivity contribution in [3.8, 4) is 0 Å². The molecule has 0 N–H and O–H groups in total. The lowest BCUT2D eigenvalue weighted by Gasteiger charge is -2.22. The van der Waals surface area contributed by atoms with Gasteiger partial charge >= 0.3 is 0 Å². The predicted molar refractivity (Wildman–Crippen MR) is 70.9 cm³/mol. The standard InChI is InChI=1S/C11H13N3O2S2/c1-7(8-4-5-16-13-8)14(2)10(15)9-6-18-11(12-9)17-3/h4-7H,1-3H3. The van der Waals surface area contributed by atoms with E-state index in [1.807, 2.05) is 13.2 Å². The minimum absolute atomic E-state index is 0.109. The Bertz CT molecular complexity index is 524. The molecule has 0 radical (unpaired) electrons. The van der Waals surface area contributed by atoms with Crippen molar-refractivity contribution in [2.45, 2.75) is 17.3 Å². The molecule has 18 heavy (non-hydrogen) atoms. The highest BCUT2D eigenvalue weighted by Gasteiger charge is 2.22.